The monoisotopic (exact) mass is 323 g/mol. The molecule has 1 N–H and O–H groups in total. The van der Waals surface area contributed by atoms with Crippen molar-refractivity contribution in [1.29, 1.82) is 0 Å². The van der Waals surface area contributed by atoms with Gasteiger partial charge in [-0.3, -0.25) is 4.79 Å². The van der Waals surface area contributed by atoms with E-state index in [2.05, 4.69) is 39.3 Å². The van der Waals surface area contributed by atoms with Crippen LogP contribution < -0.4 is 4.90 Å². The van der Waals surface area contributed by atoms with Crippen molar-refractivity contribution >= 4 is 11.7 Å². The number of nitrogens with one attached hydrogen (secondary N) is 1. The van der Waals surface area contributed by atoms with Crippen molar-refractivity contribution in [1.82, 2.24) is 24.5 Å². The minimum absolute atomic E-state index is 0.112. The van der Waals surface area contributed by atoms with Gasteiger partial charge >= 0.3 is 0 Å². The number of carbonyl (C=O) groups is 1. The van der Waals surface area contributed by atoms with Gasteiger partial charge in [-0.15, -0.1) is 5.10 Å². The Labute approximate surface area is 139 Å². The van der Waals surface area contributed by atoms with Crippen LogP contribution in [0.3, 0.4) is 0 Å². The zero-order valence-corrected chi connectivity index (χ0v) is 13.3. The molecule has 1 saturated heterocycles. The molecule has 1 fully saturated rings. The molecule has 7 nitrogen and oxygen atoms in total. The van der Waals surface area contributed by atoms with Crippen LogP contribution in [0.5, 0.6) is 0 Å². The highest BCUT2D eigenvalue weighted by Gasteiger charge is 2.27. The summed E-state index contributed by atoms with van der Waals surface area (Å²) in [5.41, 5.74) is 1.33. The van der Waals surface area contributed by atoms with Gasteiger partial charge in [-0.25, -0.2) is 9.50 Å². The van der Waals surface area contributed by atoms with E-state index in [0.717, 1.165) is 32.7 Å². The molecular formula is C17H19N6O+. The summed E-state index contributed by atoms with van der Waals surface area (Å²) >= 11 is 0. The van der Waals surface area contributed by atoms with E-state index in [4.69, 9.17) is 0 Å². The Hall–Kier alpha value is -2.80. The summed E-state index contributed by atoms with van der Waals surface area (Å²) in [7, 11) is 0. The number of piperazine rings is 1. The van der Waals surface area contributed by atoms with E-state index in [1.54, 1.807) is 18.5 Å². The Morgan fingerprint density at radius 2 is 1.92 bits per heavy atom. The zero-order chi connectivity index (χ0) is 16.4. The van der Waals surface area contributed by atoms with Crippen LogP contribution in [-0.4, -0.2) is 56.6 Å². The molecular weight excluding hydrogens is 304 g/mol. The number of hydrogen-bond donors (Lipinski definition) is 1. The van der Waals surface area contributed by atoms with Gasteiger partial charge in [0.15, 0.2) is 0 Å². The van der Waals surface area contributed by atoms with E-state index in [0.29, 0.717) is 5.78 Å². The van der Waals surface area contributed by atoms with Crippen LogP contribution in [0, 0.1) is 0 Å². The number of hydrogen-bond acceptors (Lipinski definition) is 4. The molecule has 1 aromatic carbocycles. The molecule has 0 atom stereocenters. The smallest absolute Gasteiger partial charge is 0.294 e. The van der Waals surface area contributed by atoms with Gasteiger partial charge in [-0.1, -0.05) is 30.3 Å². The number of amides is 1. The fraction of sp³-hybridized carbons (Fsp3) is 0.294. The first-order chi connectivity index (χ1) is 11.8. The molecule has 4 rings (SSSR count). The van der Waals surface area contributed by atoms with Crippen molar-refractivity contribution in [3.8, 4) is 0 Å². The van der Waals surface area contributed by atoms with Crippen molar-refractivity contribution in [3.05, 3.63) is 60.2 Å². The minimum atomic E-state index is -0.112. The third kappa shape index (κ3) is 2.98. The van der Waals surface area contributed by atoms with Crippen LogP contribution in [0.2, 0.25) is 0 Å². The van der Waals surface area contributed by atoms with E-state index in [-0.39, 0.29) is 11.7 Å². The van der Waals surface area contributed by atoms with Crippen LogP contribution >= 0.6 is 0 Å². The summed E-state index contributed by atoms with van der Waals surface area (Å²) in [6.07, 6.45) is 3.39. The third-order valence-electron chi connectivity index (χ3n) is 4.36. The number of benzene rings is 1. The average Bonchev–Trinajstić information content (AvgIpc) is 3.07. The van der Waals surface area contributed by atoms with Gasteiger partial charge in [0, 0.05) is 18.0 Å². The van der Waals surface area contributed by atoms with Gasteiger partial charge < -0.3 is 9.80 Å². The number of fused-ring (bicyclic) bond motifs is 1. The maximum Gasteiger partial charge on any atom is 0.294 e. The molecule has 3 aromatic rings. The molecule has 0 bridgehead atoms. The van der Waals surface area contributed by atoms with E-state index >= 15 is 0 Å². The fourth-order valence-electron chi connectivity index (χ4n) is 3.05. The van der Waals surface area contributed by atoms with Gasteiger partial charge in [-0.2, -0.15) is 4.98 Å². The molecule has 0 saturated carbocycles. The number of nitrogens with zero attached hydrogens (tertiary/aromatic N) is 5. The van der Waals surface area contributed by atoms with E-state index in [1.165, 1.54) is 15.0 Å². The SMILES string of the molecule is O=C(c1nc2ncccn2n1)N1CC[NH+](Cc2ccccc2)CC1. The van der Waals surface area contributed by atoms with Crippen molar-refractivity contribution < 1.29 is 9.69 Å². The van der Waals surface area contributed by atoms with Gasteiger partial charge in [-0.05, 0) is 6.07 Å². The lowest BCUT2D eigenvalue weighted by Gasteiger charge is -2.31. The van der Waals surface area contributed by atoms with Crippen LogP contribution in [-0.2, 0) is 6.54 Å². The molecule has 0 radical (unpaired) electrons. The van der Waals surface area contributed by atoms with Gasteiger partial charge in [0.05, 0.1) is 26.2 Å². The average molecular weight is 323 g/mol. The van der Waals surface area contributed by atoms with Crippen molar-refractivity contribution in [2.75, 3.05) is 26.2 Å². The number of quaternary nitrogens is 1. The predicted molar refractivity (Wildman–Crippen MR) is 87.5 cm³/mol. The van der Waals surface area contributed by atoms with Gasteiger partial charge in [0.25, 0.3) is 11.7 Å². The van der Waals surface area contributed by atoms with Crippen molar-refractivity contribution in [2.45, 2.75) is 6.54 Å². The van der Waals surface area contributed by atoms with E-state index in [9.17, 15) is 4.79 Å². The van der Waals surface area contributed by atoms with Crippen LogP contribution in [0.4, 0.5) is 0 Å². The van der Waals surface area contributed by atoms with Crippen LogP contribution in [0.25, 0.3) is 5.78 Å². The first-order valence-electron chi connectivity index (χ1n) is 8.14. The lowest BCUT2D eigenvalue weighted by atomic mass is 10.2. The molecule has 7 heteroatoms. The molecule has 24 heavy (non-hydrogen) atoms. The highest BCUT2D eigenvalue weighted by atomic mass is 16.2. The number of carbonyl (C=O) groups excluding carboxylic acids is 1. The summed E-state index contributed by atoms with van der Waals surface area (Å²) in [5, 5.41) is 4.22. The zero-order valence-electron chi connectivity index (χ0n) is 13.3. The topological polar surface area (TPSA) is 67.8 Å². The lowest BCUT2D eigenvalue weighted by molar-refractivity contribution is -0.917. The summed E-state index contributed by atoms with van der Waals surface area (Å²) in [6, 6.07) is 12.2. The summed E-state index contributed by atoms with van der Waals surface area (Å²) in [6.45, 7) is 4.33. The summed E-state index contributed by atoms with van der Waals surface area (Å²) in [5.74, 6) is 0.564. The molecule has 0 spiro atoms. The molecule has 3 heterocycles. The molecule has 2 aromatic heterocycles. The minimum Gasteiger partial charge on any atom is -0.328 e. The highest BCUT2D eigenvalue weighted by molar-refractivity contribution is 5.90. The molecule has 1 aliphatic heterocycles. The predicted octanol–water partition coefficient (Wildman–Crippen LogP) is -0.335. The highest BCUT2D eigenvalue weighted by Crippen LogP contribution is 2.03. The Kier molecular flexibility index (Phi) is 3.92. The number of rotatable bonds is 3. The maximum atomic E-state index is 12.6. The Balaban J connectivity index is 1.39. The van der Waals surface area contributed by atoms with Crippen LogP contribution in [0.1, 0.15) is 16.2 Å². The first kappa shape index (κ1) is 14.8. The van der Waals surface area contributed by atoms with Gasteiger partial charge in [0.2, 0.25) is 5.82 Å². The normalized spacial score (nSPS) is 15.8. The van der Waals surface area contributed by atoms with Crippen molar-refractivity contribution in [2.24, 2.45) is 0 Å². The molecule has 1 aliphatic rings. The maximum absolute atomic E-state index is 12.6. The number of aromatic nitrogens is 4. The Morgan fingerprint density at radius 3 is 2.67 bits per heavy atom. The van der Waals surface area contributed by atoms with Crippen LogP contribution in [0.15, 0.2) is 48.8 Å². The second kappa shape index (κ2) is 6.37. The second-order valence-electron chi connectivity index (χ2n) is 6.00. The van der Waals surface area contributed by atoms with Gasteiger partial charge in [0.1, 0.15) is 6.54 Å². The largest absolute Gasteiger partial charge is 0.328 e. The lowest BCUT2D eigenvalue weighted by Crippen LogP contribution is -3.13. The Morgan fingerprint density at radius 1 is 1.12 bits per heavy atom. The summed E-state index contributed by atoms with van der Waals surface area (Å²) in [4.78, 5) is 24.2. The summed E-state index contributed by atoms with van der Waals surface area (Å²) < 4.78 is 1.53. The first-order valence-corrected chi connectivity index (χ1v) is 8.14. The molecule has 1 amide bonds. The standard InChI is InChI=1S/C17H18N6O/c24-16(15-19-17-18-7-4-8-23(17)20-15)22-11-9-21(10-12-22)13-14-5-2-1-3-6-14/h1-8H,9-13H2/p+1. The quantitative estimate of drug-likeness (QED) is 0.716. The second-order valence-corrected chi connectivity index (χ2v) is 6.00. The van der Waals surface area contributed by atoms with Crippen molar-refractivity contribution in [3.63, 3.8) is 0 Å². The molecule has 0 aliphatic carbocycles. The fourth-order valence-corrected chi connectivity index (χ4v) is 3.05. The molecule has 122 valence electrons. The van der Waals surface area contributed by atoms with E-state index < -0.39 is 0 Å². The molecule has 0 unspecified atom stereocenters. The third-order valence-corrected chi connectivity index (χ3v) is 4.36. The van der Waals surface area contributed by atoms with E-state index in [1.807, 2.05) is 11.0 Å². The Bertz CT molecular complexity index is 805.